The summed E-state index contributed by atoms with van der Waals surface area (Å²) in [5, 5.41) is 25.9. The lowest BCUT2D eigenvalue weighted by molar-refractivity contribution is 0.0523. The summed E-state index contributed by atoms with van der Waals surface area (Å²) < 4.78 is 59.1. The highest BCUT2D eigenvalue weighted by Gasteiger charge is 2.40. The Morgan fingerprint density at radius 2 is 1.67 bits per heavy atom. The molecular weight excluding hydrogens is 486 g/mol. The number of nitriles is 2. The molecule has 2 atom stereocenters. The molecule has 1 aliphatic carbocycles. The third kappa shape index (κ3) is 4.74. The predicted molar refractivity (Wildman–Crippen MR) is 115 cm³/mol. The molecule has 1 heterocycles. The van der Waals surface area contributed by atoms with Crippen LogP contribution in [0.3, 0.4) is 0 Å². The molecule has 1 saturated carbocycles. The molecule has 0 spiro atoms. The van der Waals surface area contributed by atoms with Crippen LogP contribution in [-0.2, 0) is 4.74 Å². The Kier molecular flexibility index (Phi) is 7.39. The molecule has 1 aliphatic rings. The van der Waals surface area contributed by atoms with E-state index in [-0.39, 0.29) is 35.1 Å². The number of fused-ring (bicyclic) bond motifs is 1. The van der Waals surface area contributed by atoms with Gasteiger partial charge in [0.2, 0.25) is 5.43 Å². The SMILES string of the molecule is CCOC(=O)c1cn([C@@H]2C[C@@H]2F)c2c(C#N)c(F)ccc2c1=O.N#Cc1c(F)ccc(C(=O)O)c1F. The molecule has 36 heavy (non-hydrogen) atoms. The third-order valence-corrected chi connectivity index (χ3v) is 5.22. The summed E-state index contributed by atoms with van der Waals surface area (Å²) in [6.07, 6.45) is 0.181. The molecular formula is C24H15F4N3O5. The lowest BCUT2D eigenvalue weighted by Gasteiger charge is -2.13. The number of carbonyl (C=O) groups is 2. The van der Waals surface area contributed by atoms with Crippen molar-refractivity contribution in [2.45, 2.75) is 25.6 Å². The molecule has 3 aromatic rings. The number of hydrogen-bond acceptors (Lipinski definition) is 6. The van der Waals surface area contributed by atoms with Crippen molar-refractivity contribution in [3.05, 3.63) is 80.4 Å². The Morgan fingerprint density at radius 3 is 2.19 bits per heavy atom. The van der Waals surface area contributed by atoms with Crippen molar-refractivity contribution in [3.63, 3.8) is 0 Å². The molecule has 1 aromatic heterocycles. The maximum atomic E-state index is 13.9. The minimum absolute atomic E-state index is 0.00685. The van der Waals surface area contributed by atoms with Crippen LogP contribution < -0.4 is 5.43 Å². The molecule has 0 saturated heterocycles. The van der Waals surface area contributed by atoms with E-state index in [1.807, 2.05) is 0 Å². The number of alkyl halides is 1. The van der Waals surface area contributed by atoms with Gasteiger partial charge in [0.05, 0.1) is 23.7 Å². The smallest absolute Gasteiger partial charge is 0.343 e. The van der Waals surface area contributed by atoms with E-state index >= 15 is 0 Å². The van der Waals surface area contributed by atoms with Crippen LogP contribution in [-0.4, -0.2) is 34.4 Å². The van der Waals surface area contributed by atoms with Gasteiger partial charge < -0.3 is 14.4 Å². The fourth-order valence-electron chi connectivity index (χ4n) is 3.41. The maximum absolute atomic E-state index is 13.9. The van der Waals surface area contributed by atoms with Gasteiger partial charge in [-0.05, 0) is 31.2 Å². The number of pyridine rings is 1. The van der Waals surface area contributed by atoms with Crippen LogP contribution in [0.25, 0.3) is 10.9 Å². The van der Waals surface area contributed by atoms with Crippen molar-refractivity contribution in [1.82, 2.24) is 4.57 Å². The Bertz CT molecular complexity index is 1540. The fraction of sp³-hybridized carbons (Fsp3) is 0.208. The van der Waals surface area contributed by atoms with Gasteiger partial charge in [-0.1, -0.05) is 0 Å². The zero-order valence-electron chi connectivity index (χ0n) is 18.4. The van der Waals surface area contributed by atoms with Gasteiger partial charge in [-0.15, -0.1) is 0 Å². The number of aromatic carboxylic acids is 1. The monoisotopic (exact) mass is 501 g/mol. The predicted octanol–water partition coefficient (Wildman–Crippen LogP) is 4.01. The second-order valence-electron chi connectivity index (χ2n) is 7.45. The van der Waals surface area contributed by atoms with E-state index in [2.05, 4.69) is 0 Å². The number of esters is 1. The minimum Gasteiger partial charge on any atom is -0.478 e. The summed E-state index contributed by atoms with van der Waals surface area (Å²) >= 11 is 0. The second kappa shape index (κ2) is 10.3. The summed E-state index contributed by atoms with van der Waals surface area (Å²) in [6.45, 7) is 1.68. The molecule has 4 rings (SSSR count). The molecule has 8 nitrogen and oxygen atoms in total. The van der Waals surface area contributed by atoms with E-state index in [1.54, 1.807) is 13.0 Å². The van der Waals surface area contributed by atoms with Gasteiger partial charge in [0.15, 0.2) is 5.82 Å². The van der Waals surface area contributed by atoms with Gasteiger partial charge in [0, 0.05) is 18.0 Å². The van der Waals surface area contributed by atoms with Gasteiger partial charge in [-0.3, -0.25) is 4.79 Å². The van der Waals surface area contributed by atoms with Crippen LogP contribution in [0.15, 0.2) is 35.3 Å². The first-order valence-corrected chi connectivity index (χ1v) is 10.3. The van der Waals surface area contributed by atoms with Crippen molar-refractivity contribution in [2.24, 2.45) is 0 Å². The van der Waals surface area contributed by atoms with Crippen LogP contribution in [0.2, 0.25) is 0 Å². The van der Waals surface area contributed by atoms with E-state index < -0.39 is 58.2 Å². The summed E-state index contributed by atoms with van der Waals surface area (Å²) in [6, 6.07) is 6.02. The average molecular weight is 501 g/mol. The van der Waals surface area contributed by atoms with E-state index in [0.29, 0.717) is 0 Å². The van der Waals surface area contributed by atoms with Gasteiger partial charge in [-0.2, -0.15) is 10.5 Å². The quantitative estimate of drug-likeness (QED) is 0.422. The van der Waals surface area contributed by atoms with Crippen LogP contribution >= 0.6 is 0 Å². The molecule has 1 fully saturated rings. The Labute approximate surface area is 200 Å². The van der Waals surface area contributed by atoms with Gasteiger partial charge in [-0.25, -0.2) is 27.2 Å². The standard InChI is InChI=1S/C16H12F2N2O3.C8H3F2NO2/c1-2-23-16(22)10-7-20(13-5-12(13)18)14-8(15(10)21)3-4-11(17)9(14)6-19;9-6-2-1-4(8(12)13)7(10)5(6)3-11/h3-4,7,12-13H,2,5H2,1H3;1-2H,(H,12,13)/t12-,13+;/m0./s1. The van der Waals surface area contributed by atoms with Crippen molar-refractivity contribution < 1.29 is 37.0 Å². The number of benzene rings is 2. The van der Waals surface area contributed by atoms with Crippen LogP contribution in [0, 0.1) is 40.1 Å². The number of aromatic nitrogens is 1. The van der Waals surface area contributed by atoms with Crippen molar-refractivity contribution >= 4 is 22.8 Å². The lowest BCUT2D eigenvalue weighted by atomic mass is 10.1. The van der Waals surface area contributed by atoms with Crippen molar-refractivity contribution in [3.8, 4) is 12.1 Å². The van der Waals surface area contributed by atoms with E-state index in [0.717, 1.165) is 24.4 Å². The molecule has 0 radical (unpaired) electrons. The van der Waals surface area contributed by atoms with Crippen LogP contribution in [0.5, 0.6) is 0 Å². The van der Waals surface area contributed by atoms with E-state index in [9.17, 15) is 37.2 Å². The number of rotatable bonds is 4. The highest BCUT2D eigenvalue weighted by Crippen LogP contribution is 2.41. The van der Waals surface area contributed by atoms with E-state index in [4.69, 9.17) is 15.1 Å². The summed E-state index contributed by atoms with van der Waals surface area (Å²) in [4.78, 5) is 34.7. The number of nitrogens with zero attached hydrogens (tertiary/aromatic N) is 3. The number of carboxylic acid groups (broad SMARTS) is 1. The largest absolute Gasteiger partial charge is 0.478 e. The molecule has 1 N–H and O–H groups in total. The number of halogens is 4. The Hall–Kier alpha value is -4.71. The molecule has 0 aliphatic heterocycles. The molecule has 0 bridgehead atoms. The molecule has 2 aromatic carbocycles. The molecule has 184 valence electrons. The van der Waals surface area contributed by atoms with Gasteiger partial charge in [0.25, 0.3) is 0 Å². The highest BCUT2D eigenvalue weighted by atomic mass is 19.1. The zero-order chi connectivity index (χ0) is 26.7. The number of ether oxygens (including phenoxy) is 1. The summed E-state index contributed by atoms with van der Waals surface area (Å²) in [5.74, 6) is -5.56. The van der Waals surface area contributed by atoms with Crippen molar-refractivity contribution in [2.75, 3.05) is 6.61 Å². The Morgan fingerprint density at radius 1 is 1.08 bits per heavy atom. The van der Waals surface area contributed by atoms with Crippen molar-refractivity contribution in [1.29, 1.82) is 10.5 Å². The first kappa shape index (κ1) is 25.9. The van der Waals surface area contributed by atoms with Gasteiger partial charge in [0.1, 0.15) is 46.6 Å². The summed E-state index contributed by atoms with van der Waals surface area (Å²) in [5.41, 5.74) is -2.83. The first-order chi connectivity index (χ1) is 17.1. The molecule has 12 heteroatoms. The highest BCUT2D eigenvalue weighted by molar-refractivity contribution is 5.95. The van der Waals surface area contributed by atoms with Gasteiger partial charge >= 0.3 is 11.9 Å². The lowest BCUT2D eigenvalue weighted by Crippen LogP contribution is -2.21. The number of carbonyl (C=O) groups excluding carboxylic acids is 1. The second-order valence-corrected chi connectivity index (χ2v) is 7.45. The summed E-state index contributed by atoms with van der Waals surface area (Å²) in [7, 11) is 0. The Balaban J connectivity index is 0.000000236. The van der Waals surface area contributed by atoms with Crippen LogP contribution in [0.1, 0.15) is 51.2 Å². The maximum Gasteiger partial charge on any atom is 0.343 e. The van der Waals surface area contributed by atoms with E-state index in [1.165, 1.54) is 16.7 Å². The zero-order valence-corrected chi connectivity index (χ0v) is 18.4. The number of carboxylic acids is 1. The number of hydrogen-bond donors (Lipinski definition) is 1. The normalized spacial score (nSPS) is 15.8. The minimum atomic E-state index is -1.53. The third-order valence-electron chi connectivity index (χ3n) is 5.22. The topological polar surface area (TPSA) is 133 Å². The first-order valence-electron chi connectivity index (χ1n) is 10.3. The fourth-order valence-corrected chi connectivity index (χ4v) is 3.41. The molecule has 0 amide bonds. The van der Waals surface area contributed by atoms with Crippen LogP contribution in [0.4, 0.5) is 17.6 Å². The average Bonchev–Trinajstić information content (AvgIpc) is 3.56. The molecule has 0 unspecified atom stereocenters.